The molecule has 1 atom stereocenters. The summed E-state index contributed by atoms with van der Waals surface area (Å²) in [5.74, 6) is -1.55. The van der Waals surface area contributed by atoms with Crippen molar-refractivity contribution < 1.29 is 32.7 Å². The molecule has 7 nitrogen and oxygen atoms in total. The summed E-state index contributed by atoms with van der Waals surface area (Å²) in [6, 6.07) is 10.6. The molecule has 39 heavy (non-hydrogen) atoms. The maximum absolute atomic E-state index is 13.4. The second-order valence-electron chi connectivity index (χ2n) is 9.08. The maximum atomic E-state index is 13.4. The van der Waals surface area contributed by atoms with E-state index in [0.29, 0.717) is 42.6 Å². The van der Waals surface area contributed by atoms with Gasteiger partial charge in [0.05, 0.1) is 10.6 Å². The molecule has 2 amide bonds. The highest BCUT2D eigenvalue weighted by atomic mass is 32.2. The molecule has 0 saturated carbocycles. The summed E-state index contributed by atoms with van der Waals surface area (Å²) in [5, 5.41) is 14.1. The molecule has 1 aromatic heterocycles. The first-order valence-electron chi connectivity index (χ1n) is 12.1. The third-order valence-electron chi connectivity index (χ3n) is 6.50. The van der Waals surface area contributed by atoms with Crippen molar-refractivity contribution in [3.63, 3.8) is 0 Å². The van der Waals surface area contributed by atoms with E-state index in [2.05, 4.69) is 10.3 Å². The molecule has 0 spiro atoms. The van der Waals surface area contributed by atoms with Crippen molar-refractivity contribution in [2.24, 2.45) is 0 Å². The van der Waals surface area contributed by atoms with Crippen LogP contribution in [0, 0.1) is 0 Å². The van der Waals surface area contributed by atoms with E-state index in [-0.39, 0.29) is 23.3 Å². The number of thioether (sulfide) groups is 1. The van der Waals surface area contributed by atoms with Crippen LogP contribution in [0.2, 0.25) is 0 Å². The van der Waals surface area contributed by atoms with Gasteiger partial charge >= 0.3 is 12.1 Å². The number of alkyl halides is 3. The number of carboxylic acid groups (broad SMARTS) is 1. The standard InChI is InChI=1S/C27H26F3N3O4S2/c1-38-14-22(26(36)37)31-23(34)21-15-39-24(32-21)17-10-12-33(13-11-17)25(35)20-5-3-2-4-19(20)16-6-8-18(9-7-16)27(28,29)30/h2-9,15,17,22H,10-14H2,1H3,(H,31,34)(H,36,37). The lowest BCUT2D eigenvalue weighted by Crippen LogP contribution is -2.42. The zero-order valence-electron chi connectivity index (χ0n) is 20.9. The number of aromatic nitrogens is 1. The molecule has 206 valence electrons. The number of amides is 2. The van der Waals surface area contributed by atoms with Crippen LogP contribution in [0.3, 0.4) is 0 Å². The number of aliphatic carboxylic acids is 1. The first kappa shape index (κ1) is 28.6. The van der Waals surface area contributed by atoms with Gasteiger partial charge in [0, 0.05) is 35.7 Å². The van der Waals surface area contributed by atoms with E-state index in [0.717, 1.165) is 17.1 Å². The van der Waals surface area contributed by atoms with Crippen LogP contribution in [0.15, 0.2) is 53.9 Å². The number of carboxylic acids is 1. The number of carbonyl (C=O) groups excluding carboxylic acids is 2. The number of nitrogens with one attached hydrogen (secondary N) is 1. The van der Waals surface area contributed by atoms with Crippen molar-refractivity contribution in [1.29, 1.82) is 0 Å². The maximum Gasteiger partial charge on any atom is 0.416 e. The summed E-state index contributed by atoms with van der Waals surface area (Å²) in [4.78, 5) is 43.4. The molecule has 0 bridgehead atoms. The number of thiazole rings is 1. The van der Waals surface area contributed by atoms with Gasteiger partial charge in [0.2, 0.25) is 0 Å². The number of nitrogens with zero attached hydrogens (tertiary/aromatic N) is 2. The number of hydrogen-bond acceptors (Lipinski definition) is 6. The Morgan fingerprint density at radius 3 is 2.41 bits per heavy atom. The fourth-order valence-electron chi connectivity index (χ4n) is 4.41. The van der Waals surface area contributed by atoms with Gasteiger partial charge in [-0.1, -0.05) is 30.3 Å². The topological polar surface area (TPSA) is 99.6 Å². The molecule has 3 aromatic rings. The second kappa shape index (κ2) is 12.2. The van der Waals surface area contributed by atoms with E-state index >= 15 is 0 Å². The van der Waals surface area contributed by atoms with Gasteiger partial charge in [-0.05, 0) is 48.4 Å². The average Bonchev–Trinajstić information content (AvgIpc) is 3.43. The van der Waals surface area contributed by atoms with Gasteiger partial charge in [-0.15, -0.1) is 11.3 Å². The Bertz CT molecular complexity index is 1340. The number of carbonyl (C=O) groups is 3. The minimum absolute atomic E-state index is 0.0484. The molecule has 2 heterocycles. The monoisotopic (exact) mass is 577 g/mol. The van der Waals surface area contributed by atoms with Crippen molar-refractivity contribution in [2.45, 2.75) is 31.0 Å². The molecule has 4 rings (SSSR count). The lowest BCUT2D eigenvalue weighted by atomic mass is 9.94. The zero-order valence-corrected chi connectivity index (χ0v) is 22.5. The molecule has 2 N–H and O–H groups in total. The first-order chi connectivity index (χ1) is 18.6. The van der Waals surface area contributed by atoms with Crippen LogP contribution in [-0.4, -0.2) is 63.9 Å². The Hall–Kier alpha value is -3.38. The molecule has 1 saturated heterocycles. The highest BCUT2D eigenvalue weighted by molar-refractivity contribution is 7.98. The van der Waals surface area contributed by atoms with Gasteiger partial charge < -0.3 is 15.3 Å². The summed E-state index contributed by atoms with van der Waals surface area (Å²) in [5.41, 5.74) is 0.934. The second-order valence-corrected chi connectivity index (χ2v) is 10.9. The fourth-order valence-corrected chi connectivity index (χ4v) is 5.94. The van der Waals surface area contributed by atoms with Crippen LogP contribution in [0.5, 0.6) is 0 Å². The normalized spacial score (nSPS) is 15.1. The lowest BCUT2D eigenvalue weighted by Gasteiger charge is -2.31. The van der Waals surface area contributed by atoms with E-state index in [1.54, 1.807) is 40.8 Å². The highest BCUT2D eigenvalue weighted by Crippen LogP contribution is 2.34. The number of likely N-dealkylation sites (tertiary alicyclic amines) is 1. The Balaban J connectivity index is 1.40. The van der Waals surface area contributed by atoms with E-state index in [1.807, 2.05) is 0 Å². The molecular weight excluding hydrogens is 551 g/mol. The van der Waals surface area contributed by atoms with Crippen molar-refractivity contribution in [1.82, 2.24) is 15.2 Å². The number of benzene rings is 2. The predicted octanol–water partition coefficient (Wildman–Crippen LogP) is 5.39. The van der Waals surface area contributed by atoms with Crippen molar-refractivity contribution in [3.8, 4) is 11.1 Å². The number of rotatable bonds is 8. The molecular formula is C27H26F3N3O4S2. The molecule has 1 aliphatic rings. The van der Waals surface area contributed by atoms with Crippen LogP contribution in [0.1, 0.15) is 50.2 Å². The minimum atomic E-state index is -4.44. The largest absolute Gasteiger partial charge is 0.480 e. The van der Waals surface area contributed by atoms with Crippen LogP contribution >= 0.6 is 23.1 Å². The zero-order chi connectivity index (χ0) is 28.2. The lowest BCUT2D eigenvalue weighted by molar-refractivity contribution is -0.139. The van der Waals surface area contributed by atoms with Crippen molar-refractivity contribution in [3.05, 3.63) is 75.7 Å². The number of hydrogen-bond donors (Lipinski definition) is 2. The van der Waals surface area contributed by atoms with Crippen LogP contribution in [-0.2, 0) is 11.0 Å². The first-order valence-corrected chi connectivity index (χ1v) is 14.4. The molecule has 0 aliphatic carbocycles. The van der Waals surface area contributed by atoms with Crippen LogP contribution in [0.25, 0.3) is 11.1 Å². The van der Waals surface area contributed by atoms with E-state index in [4.69, 9.17) is 0 Å². The van der Waals surface area contributed by atoms with Gasteiger partial charge in [0.15, 0.2) is 0 Å². The van der Waals surface area contributed by atoms with Crippen LogP contribution in [0.4, 0.5) is 13.2 Å². The Labute approximate surface area is 231 Å². The van der Waals surface area contributed by atoms with E-state index in [1.165, 1.54) is 35.2 Å². The quantitative estimate of drug-likeness (QED) is 0.372. The third-order valence-corrected chi connectivity index (χ3v) is 8.18. The van der Waals surface area contributed by atoms with E-state index in [9.17, 15) is 32.7 Å². The minimum Gasteiger partial charge on any atom is -0.480 e. The Kier molecular flexibility index (Phi) is 8.96. The molecule has 1 aliphatic heterocycles. The summed E-state index contributed by atoms with van der Waals surface area (Å²) in [6.07, 6.45) is -1.41. The Morgan fingerprint density at radius 1 is 1.13 bits per heavy atom. The van der Waals surface area contributed by atoms with Crippen LogP contribution < -0.4 is 5.32 Å². The molecule has 12 heteroatoms. The third kappa shape index (κ3) is 6.80. The fraction of sp³-hybridized carbons (Fsp3) is 0.333. The van der Waals surface area contributed by atoms with Gasteiger partial charge in [-0.25, -0.2) is 9.78 Å². The van der Waals surface area contributed by atoms with Gasteiger partial charge in [0.1, 0.15) is 11.7 Å². The molecule has 1 fully saturated rings. The predicted molar refractivity (Wildman–Crippen MR) is 144 cm³/mol. The van der Waals surface area contributed by atoms with E-state index < -0.39 is 29.7 Å². The molecule has 2 aromatic carbocycles. The number of halogens is 3. The molecule has 1 unspecified atom stereocenters. The van der Waals surface area contributed by atoms with Crippen molar-refractivity contribution in [2.75, 3.05) is 25.1 Å². The smallest absolute Gasteiger partial charge is 0.416 e. The summed E-state index contributed by atoms with van der Waals surface area (Å²) >= 11 is 2.65. The van der Waals surface area contributed by atoms with Gasteiger partial charge in [-0.3, -0.25) is 9.59 Å². The SMILES string of the molecule is CSCC(NC(=O)c1csc(C2CCN(C(=O)c3ccccc3-c3ccc(C(F)(F)F)cc3)CC2)n1)C(=O)O. The average molecular weight is 578 g/mol. The summed E-state index contributed by atoms with van der Waals surface area (Å²) in [7, 11) is 0. The highest BCUT2D eigenvalue weighted by Gasteiger charge is 2.31. The summed E-state index contributed by atoms with van der Waals surface area (Å²) in [6.45, 7) is 0.918. The van der Waals surface area contributed by atoms with Gasteiger partial charge in [-0.2, -0.15) is 24.9 Å². The summed E-state index contributed by atoms with van der Waals surface area (Å²) < 4.78 is 38.9. The molecule has 0 radical (unpaired) electrons. The van der Waals surface area contributed by atoms with Crippen molar-refractivity contribution >= 4 is 40.9 Å². The Morgan fingerprint density at radius 2 is 1.79 bits per heavy atom. The van der Waals surface area contributed by atoms with Gasteiger partial charge in [0.25, 0.3) is 11.8 Å². The number of piperidine rings is 1.